The smallest absolute Gasteiger partial charge is 0.333 e. The molecule has 16 heavy (non-hydrogen) atoms. The highest BCUT2D eigenvalue weighted by molar-refractivity contribution is 5.94. The Labute approximate surface area is 94.7 Å². The Morgan fingerprint density at radius 3 is 2.75 bits per heavy atom. The van der Waals surface area contributed by atoms with Gasteiger partial charge in [-0.1, -0.05) is 6.07 Å². The van der Waals surface area contributed by atoms with Gasteiger partial charge >= 0.3 is 5.97 Å². The molecule has 0 aliphatic heterocycles. The van der Waals surface area contributed by atoms with Gasteiger partial charge in [-0.3, -0.25) is 0 Å². The molecule has 1 aromatic carbocycles. The van der Waals surface area contributed by atoms with E-state index in [4.69, 9.17) is 9.47 Å². The molecule has 0 amide bonds. The number of carbonyl (C=O) groups is 1. The Morgan fingerprint density at radius 2 is 2.06 bits per heavy atom. The number of benzene rings is 1. The van der Waals surface area contributed by atoms with Crippen LogP contribution in [0.4, 0.5) is 0 Å². The second-order valence-corrected chi connectivity index (χ2v) is 3.73. The minimum absolute atomic E-state index is 0.242. The molecule has 3 heteroatoms. The number of ether oxygens (including phenoxy) is 2. The minimum atomic E-state index is -0.242. The van der Waals surface area contributed by atoms with Gasteiger partial charge in [-0.25, -0.2) is 4.79 Å². The maximum Gasteiger partial charge on any atom is 0.333 e. The summed E-state index contributed by atoms with van der Waals surface area (Å²) in [6.07, 6.45) is 3.50. The molecule has 0 spiro atoms. The van der Waals surface area contributed by atoms with E-state index in [0.717, 1.165) is 29.7 Å². The van der Waals surface area contributed by atoms with E-state index in [1.54, 1.807) is 7.11 Å². The molecular formula is C13H14O3. The number of carbonyl (C=O) groups excluding carboxylic acids is 1. The molecule has 84 valence electrons. The second-order valence-electron chi connectivity index (χ2n) is 3.73. The van der Waals surface area contributed by atoms with Gasteiger partial charge in [0.05, 0.1) is 14.2 Å². The number of fused-ring (bicyclic) bond motifs is 1. The first-order valence-corrected chi connectivity index (χ1v) is 5.20. The molecule has 3 nitrogen and oxygen atoms in total. The van der Waals surface area contributed by atoms with Crippen molar-refractivity contribution < 1.29 is 14.3 Å². The highest BCUT2D eigenvalue weighted by atomic mass is 16.5. The van der Waals surface area contributed by atoms with Crippen LogP contribution in [0.3, 0.4) is 0 Å². The summed E-state index contributed by atoms with van der Waals surface area (Å²) >= 11 is 0. The third-order valence-corrected chi connectivity index (χ3v) is 2.79. The molecule has 0 saturated heterocycles. The Morgan fingerprint density at radius 1 is 1.25 bits per heavy atom. The summed E-state index contributed by atoms with van der Waals surface area (Å²) in [6, 6.07) is 5.92. The van der Waals surface area contributed by atoms with Crippen molar-refractivity contribution in [1.82, 2.24) is 0 Å². The average molecular weight is 218 g/mol. The van der Waals surface area contributed by atoms with Crippen LogP contribution in [0.15, 0.2) is 23.8 Å². The van der Waals surface area contributed by atoms with Crippen LogP contribution in [-0.2, 0) is 16.0 Å². The Hall–Kier alpha value is -1.77. The van der Waals surface area contributed by atoms with Crippen molar-refractivity contribution in [3.63, 3.8) is 0 Å². The van der Waals surface area contributed by atoms with Crippen molar-refractivity contribution in [3.05, 3.63) is 34.9 Å². The highest BCUT2D eigenvalue weighted by Gasteiger charge is 2.16. The number of hydrogen-bond acceptors (Lipinski definition) is 3. The van der Waals surface area contributed by atoms with E-state index >= 15 is 0 Å². The summed E-state index contributed by atoms with van der Waals surface area (Å²) in [5, 5.41) is 0. The van der Waals surface area contributed by atoms with Crippen LogP contribution in [0.2, 0.25) is 0 Å². The lowest BCUT2D eigenvalue weighted by Crippen LogP contribution is -2.09. The summed E-state index contributed by atoms with van der Waals surface area (Å²) in [5.41, 5.74) is 3.02. The van der Waals surface area contributed by atoms with Gasteiger partial charge in [0.15, 0.2) is 0 Å². The fourth-order valence-corrected chi connectivity index (χ4v) is 1.88. The summed E-state index contributed by atoms with van der Waals surface area (Å²) < 4.78 is 9.88. The van der Waals surface area contributed by atoms with Gasteiger partial charge in [-0.05, 0) is 42.2 Å². The third kappa shape index (κ3) is 1.94. The zero-order valence-electron chi connectivity index (χ0n) is 9.45. The van der Waals surface area contributed by atoms with Crippen molar-refractivity contribution in [2.45, 2.75) is 12.8 Å². The highest BCUT2D eigenvalue weighted by Crippen LogP contribution is 2.27. The molecule has 0 saturated carbocycles. The van der Waals surface area contributed by atoms with Crippen molar-refractivity contribution in [2.24, 2.45) is 0 Å². The molecular weight excluding hydrogens is 204 g/mol. The normalized spacial score (nSPS) is 13.8. The molecule has 1 aliphatic rings. The fraction of sp³-hybridized carbons (Fsp3) is 0.308. The summed E-state index contributed by atoms with van der Waals surface area (Å²) in [5.74, 6) is 0.564. The lowest BCUT2D eigenvalue weighted by atomic mass is 9.92. The molecule has 0 aromatic heterocycles. The molecule has 0 unspecified atom stereocenters. The lowest BCUT2D eigenvalue weighted by Gasteiger charge is -2.15. The number of hydrogen-bond donors (Lipinski definition) is 0. The van der Waals surface area contributed by atoms with Gasteiger partial charge in [0.2, 0.25) is 0 Å². The van der Waals surface area contributed by atoms with E-state index in [-0.39, 0.29) is 5.97 Å². The SMILES string of the molecule is COC(=O)C1=Cc2cc(OC)ccc2CC1. The monoisotopic (exact) mass is 218 g/mol. The lowest BCUT2D eigenvalue weighted by molar-refractivity contribution is -0.136. The number of methoxy groups -OCH3 is 2. The second kappa shape index (κ2) is 4.39. The molecule has 2 rings (SSSR count). The van der Waals surface area contributed by atoms with Gasteiger partial charge in [-0.2, -0.15) is 0 Å². The number of aryl methyl sites for hydroxylation is 1. The van der Waals surface area contributed by atoms with Crippen molar-refractivity contribution >= 4 is 12.0 Å². The third-order valence-electron chi connectivity index (χ3n) is 2.79. The van der Waals surface area contributed by atoms with Crippen molar-refractivity contribution in [1.29, 1.82) is 0 Å². The van der Waals surface area contributed by atoms with E-state index < -0.39 is 0 Å². The van der Waals surface area contributed by atoms with Crippen LogP contribution in [0.25, 0.3) is 6.08 Å². The van der Waals surface area contributed by atoms with Crippen LogP contribution in [-0.4, -0.2) is 20.2 Å². The Bertz CT molecular complexity index is 446. The first-order valence-electron chi connectivity index (χ1n) is 5.20. The predicted octanol–water partition coefficient (Wildman–Crippen LogP) is 2.20. The topological polar surface area (TPSA) is 35.5 Å². The van der Waals surface area contributed by atoms with Gasteiger partial charge in [0, 0.05) is 5.57 Å². The van der Waals surface area contributed by atoms with Crippen LogP contribution >= 0.6 is 0 Å². The van der Waals surface area contributed by atoms with Crippen LogP contribution < -0.4 is 4.74 Å². The van der Waals surface area contributed by atoms with Crippen molar-refractivity contribution in [2.75, 3.05) is 14.2 Å². The van der Waals surface area contributed by atoms with E-state index in [1.165, 1.54) is 12.7 Å². The predicted molar refractivity (Wildman–Crippen MR) is 61.3 cm³/mol. The summed E-state index contributed by atoms with van der Waals surface area (Å²) in [4.78, 5) is 11.4. The molecule has 0 heterocycles. The first kappa shape index (κ1) is 10.7. The average Bonchev–Trinajstić information content (AvgIpc) is 2.36. The Balaban J connectivity index is 2.37. The fourth-order valence-electron chi connectivity index (χ4n) is 1.88. The summed E-state index contributed by atoms with van der Waals surface area (Å²) in [6.45, 7) is 0. The molecule has 1 aliphatic carbocycles. The quantitative estimate of drug-likeness (QED) is 0.714. The van der Waals surface area contributed by atoms with E-state index in [9.17, 15) is 4.79 Å². The van der Waals surface area contributed by atoms with Gasteiger partial charge in [0.1, 0.15) is 5.75 Å². The molecule has 0 N–H and O–H groups in total. The molecule has 1 aromatic rings. The molecule has 0 fully saturated rings. The Kier molecular flexibility index (Phi) is 2.95. The summed E-state index contributed by atoms with van der Waals surface area (Å²) in [7, 11) is 3.04. The van der Waals surface area contributed by atoms with Crippen LogP contribution in [0.1, 0.15) is 17.5 Å². The van der Waals surface area contributed by atoms with E-state index in [0.29, 0.717) is 0 Å². The van der Waals surface area contributed by atoms with Crippen molar-refractivity contribution in [3.8, 4) is 5.75 Å². The zero-order valence-corrected chi connectivity index (χ0v) is 9.45. The zero-order chi connectivity index (χ0) is 11.5. The molecule has 0 atom stereocenters. The van der Waals surface area contributed by atoms with Crippen LogP contribution in [0.5, 0.6) is 5.75 Å². The number of rotatable bonds is 2. The van der Waals surface area contributed by atoms with Crippen LogP contribution in [0, 0.1) is 0 Å². The van der Waals surface area contributed by atoms with Gasteiger partial charge in [0.25, 0.3) is 0 Å². The maximum absolute atomic E-state index is 11.4. The van der Waals surface area contributed by atoms with E-state index in [1.807, 2.05) is 24.3 Å². The first-order chi connectivity index (χ1) is 7.74. The minimum Gasteiger partial charge on any atom is -0.497 e. The van der Waals surface area contributed by atoms with Gasteiger partial charge < -0.3 is 9.47 Å². The van der Waals surface area contributed by atoms with E-state index in [2.05, 4.69) is 0 Å². The molecule has 0 radical (unpaired) electrons. The van der Waals surface area contributed by atoms with Gasteiger partial charge in [-0.15, -0.1) is 0 Å². The molecule has 0 bridgehead atoms. The number of esters is 1. The largest absolute Gasteiger partial charge is 0.497 e. The standard InChI is InChI=1S/C13H14O3/c1-15-12-6-5-9-3-4-10(13(14)16-2)7-11(9)8-12/h5-8H,3-4H2,1-2H3. The maximum atomic E-state index is 11.4.